The summed E-state index contributed by atoms with van der Waals surface area (Å²) in [4.78, 5) is 27.8. The number of methoxy groups -OCH3 is 1. The fourth-order valence-electron chi connectivity index (χ4n) is 3.11. The van der Waals surface area contributed by atoms with Gasteiger partial charge in [0.15, 0.2) is 17.3 Å². The number of thiazole rings is 1. The third kappa shape index (κ3) is 4.56. The number of hydrogen-bond donors (Lipinski definition) is 1. The zero-order valence-corrected chi connectivity index (χ0v) is 18.4. The molecule has 2 heterocycles. The van der Waals surface area contributed by atoms with Crippen LogP contribution in [0.15, 0.2) is 58.9 Å². The quantitative estimate of drug-likeness (QED) is 0.293. The number of nitrogens with one attached hydrogen (secondary N) is 1. The molecule has 1 aliphatic rings. The van der Waals surface area contributed by atoms with Crippen molar-refractivity contribution < 1.29 is 19.2 Å². The summed E-state index contributed by atoms with van der Waals surface area (Å²) in [6.45, 7) is 0.218. The molecule has 0 saturated carbocycles. The highest BCUT2D eigenvalue weighted by Crippen LogP contribution is 2.41. The predicted octanol–water partition coefficient (Wildman–Crippen LogP) is 5.06. The van der Waals surface area contributed by atoms with Crippen LogP contribution in [0, 0.1) is 15.5 Å². The molecule has 162 valence electrons. The second-order valence-corrected chi connectivity index (χ2v) is 8.77. The van der Waals surface area contributed by atoms with Crippen molar-refractivity contribution in [3.05, 3.63) is 85.2 Å². The molecule has 10 heteroatoms. The van der Waals surface area contributed by atoms with Crippen molar-refractivity contribution in [3.63, 3.8) is 0 Å². The molecule has 0 aliphatic carbocycles. The van der Waals surface area contributed by atoms with Gasteiger partial charge in [-0.25, -0.2) is 4.98 Å². The van der Waals surface area contributed by atoms with Gasteiger partial charge in [0.2, 0.25) is 0 Å². The fraction of sp³-hybridized carbons (Fsp3) is 0.136. The highest BCUT2D eigenvalue weighted by atomic mass is 32.2. The first-order valence-corrected chi connectivity index (χ1v) is 11.1. The van der Waals surface area contributed by atoms with E-state index in [2.05, 4.69) is 4.98 Å². The van der Waals surface area contributed by atoms with Gasteiger partial charge in [-0.1, -0.05) is 17.8 Å². The van der Waals surface area contributed by atoms with Crippen LogP contribution in [0.25, 0.3) is 6.08 Å². The molecular weight excluding hydrogens is 450 g/mol. The van der Waals surface area contributed by atoms with Crippen molar-refractivity contribution >= 4 is 45.7 Å². The van der Waals surface area contributed by atoms with E-state index in [1.807, 2.05) is 0 Å². The van der Waals surface area contributed by atoms with Crippen LogP contribution in [0.4, 0.5) is 5.69 Å². The molecule has 1 saturated heterocycles. The number of nitrogens with zero attached hydrogens (tertiary/aromatic N) is 2. The first-order valence-electron chi connectivity index (χ1n) is 9.42. The molecule has 1 aliphatic heterocycles. The van der Waals surface area contributed by atoms with E-state index in [1.165, 1.54) is 30.6 Å². The number of non-ortho nitro benzene ring substituents is 1. The fourth-order valence-corrected chi connectivity index (χ4v) is 4.92. The highest BCUT2D eigenvalue weighted by molar-refractivity contribution is 8.19. The number of carbonyl (C=O) groups excluding carboxylic acids is 1. The average Bonchev–Trinajstić information content (AvgIpc) is 3.40. The molecule has 0 bridgehead atoms. The maximum Gasteiger partial charge on any atom is 0.269 e. The maximum atomic E-state index is 12.8. The Morgan fingerprint density at radius 2 is 2.00 bits per heavy atom. The van der Waals surface area contributed by atoms with Gasteiger partial charge in [0.25, 0.3) is 5.69 Å². The van der Waals surface area contributed by atoms with Crippen LogP contribution in [-0.4, -0.2) is 27.8 Å². The van der Waals surface area contributed by atoms with Gasteiger partial charge in [0.1, 0.15) is 17.5 Å². The Balaban J connectivity index is 1.49. The van der Waals surface area contributed by atoms with Crippen molar-refractivity contribution in [1.29, 1.82) is 5.41 Å². The molecule has 32 heavy (non-hydrogen) atoms. The summed E-state index contributed by atoms with van der Waals surface area (Å²) in [6, 6.07) is 11.4. The van der Waals surface area contributed by atoms with E-state index >= 15 is 0 Å². The van der Waals surface area contributed by atoms with Crippen LogP contribution in [0.2, 0.25) is 0 Å². The van der Waals surface area contributed by atoms with E-state index < -0.39 is 10.8 Å². The number of thioether (sulfide) groups is 1. The number of hydrogen-bond acceptors (Lipinski definition) is 9. The van der Waals surface area contributed by atoms with Crippen LogP contribution >= 0.6 is 23.1 Å². The highest BCUT2D eigenvalue weighted by Gasteiger charge is 2.38. The second-order valence-electron chi connectivity index (χ2n) is 6.77. The van der Waals surface area contributed by atoms with Gasteiger partial charge in [-0.05, 0) is 41.5 Å². The Bertz CT molecular complexity index is 1210. The lowest BCUT2D eigenvalue weighted by Gasteiger charge is -2.11. The number of Topliss-reactive ketones (excluding diaryl/α,β-unsaturated/α-hetero) is 1. The van der Waals surface area contributed by atoms with E-state index in [1.54, 1.807) is 48.0 Å². The number of benzene rings is 2. The Morgan fingerprint density at radius 1 is 1.22 bits per heavy atom. The van der Waals surface area contributed by atoms with Crippen molar-refractivity contribution in [2.45, 2.75) is 12.5 Å². The number of carbonyl (C=O) groups is 1. The molecule has 1 atom stereocenters. The van der Waals surface area contributed by atoms with Crippen LogP contribution in [-0.2, 0) is 11.4 Å². The SMILES string of the molecule is COc1cc(/C=C2\SC(=N)[C@H](c3nccs3)C2=O)ccc1OCc1ccc([N+](=O)[O-])cc1. The van der Waals surface area contributed by atoms with Crippen LogP contribution < -0.4 is 9.47 Å². The third-order valence-corrected chi connectivity index (χ3v) is 6.55. The van der Waals surface area contributed by atoms with Crippen LogP contribution in [0.1, 0.15) is 22.1 Å². The maximum absolute atomic E-state index is 12.8. The lowest BCUT2D eigenvalue weighted by molar-refractivity contribution is -0.384. The normalized spacial score (nSPS) is 17.0. The number of aromatic nitrogens is 1. The van der Waals surface area contributed by atoms with E-state index in [9.17, 15) is 14.9 Å². The lowest BCUT2D eigenvalue weighted by Crippen LogP contribution is -2.11. The van der Waals surface area contributed by atoms with E-state index in [0.717, 1.165) is 22.9 Å². The predicted molar refractivity (Wildman–Crippen MR) is 124 cm³/mol. The zero-order valence-electron chi connectivity index (χ0n) is 16.8. The van der Waals surface area contributed by atoms with Crippen molar-refractivity contribution in [2.75, 3.05) is 7.11 Å². The molecule has 1 aromatic heterocycles. The summed E-state index contributed by atoms with van der Waals surface area (Å²) in [6.07, 6.45) is 3.37. The first kappa shape index (κ1) is 21.7. The van der Waals surface area contributed by atoms with Gasteiger partial charge in [0.05, 0.1) is 22.0 Å². The minimum absolute atomic E-state index is 0.0215. The molecule has 2 aromatic carbocycles. The van der Waals surface area contributed by atoms with Gasteiger partial charge < -0.3 is 9.47 Å². The summed E-state index contributed by atoms with van der Waals surface area (Å²) in [5, 5.41) is 21.6. The minimum atomic E-state index is -0.627. The molecular formula is C22H17N3O5S2. The Morgan fingerprint density at radius 3 is 2.66 bits per heavy atom. The average molecular weight is 468 g/mol. The standard InChI is InChI=1S/C22H17N3O5S2/c1-29-17-10-14(11-18-20(26)19(21(23)32-18)22-24-8-9-31-22)4-7-16(17)30-12-13-2-5-15(6-3-13)25(27)28/h2-11,19,23H,12H2,1H3/b18-11-,23-21?/t19-/m1/s1. The van der Waals surface area contributed by atoms with Crippen molar-refractivity contribution in [3.8, 4) is 11.5 Å². The number of ketones is 1. The molecule has 3 aromatic rings. The second kappa shape index (κ2) is 9.33. The molecule has 0 amide bonds. The molecule has 0 spiro atoms. The van der Waals surface area contributed by atoms with Gasteiger partial charge in [-0.15, -0.1) is 11.3 Å². The molecule has 4 rings (SSSR count). The molecule has 8 nitrogen and oxygen atoms in total. The molecule has 0 unspecified atom stereocenters. The molecule has 0 radical (unpaired) electrons. The van der Waals surface area contributed by atoms with E-state index in [4.69, 9.17) is 14.9 Å². The summed E-state index contributed by atoms with van der Waals surface area (Å²) in [5.74, 6) is 0.236. The first-order chi connectivity index (χ1) is 15.5. The Labute approximate surface area is 191 Å². The molecule has 1 fully saturated rings. The number of ether oxygens (including phenoxy) is 2. The summed E-state index contributed by atoms with van der Waals surface area (Å²) in [5.41, 5.74) is 1.55. The number of rotatable bonds is 7. The van der Waals surface area contributed by atoms with Gasteiger partial charge >= 0.3 is 0 Å². The van der Waals surface area contributed by atoms with Crippen LogP contribution in [0.5, 0.6) is 11.5 Å². The van der Waals surface area contributed by atoms with E-state index in [-0.39, 0.29) is 23.1 Å². The number of nitro groups is 1. The van der Waals surface area contributed by atoms with Gasteiger partial charge in [0, 0.05) is 23.7 Å². The van der Waals surface area contributed by atoms with Crippen molar-refractivity contribution in [2.24, 2.45) is 0 Å². The summed E-state index contributed by atoms with van der Waals surface area (Å²) < 4.78 is 11.2. The zero-order chi connectivity index (χ0) is 22.7. The number of allylic oxidation sites excluding steroid dienone is 1. The number of nitro benzene ring substituents is 1. The van der Waals surface area contributed by atoms with Crippen LogP contribution in [0.3, 0.4) is 0 Å². The lowest BCUT2D eigenvalue weighted by atomic mass is 10.0. The largest absolute Gasteiger partial charge is 0.493 e. The van der Waals surface area contributed by atoms with Gasteiger partial charge in [-0.3, -0.25) is 20.3 Å². The summed E-state index contributed by atoms with van der Waals surface area (Å²) >= 11 is 2.51. The van der Waals surface area contributed by atoms with E-state index in [0.29, 0.717) is 21.4 Å². The monoisotopic (exact) mass is 467 g/mol. The molecule has 1 N–H and O–H groups in total. The Kier molecular flexibility index (Phi) is 6.33. The van der Waals surface area contributed by atoms with Crippen molar-refractivity contribution in [1.82, 2.24) is 4.98 Å². The topological polar surface area (TPSA) is 115 Å². The van der Waals surface area contributed by atoms with Gasteiger partial charge in [-0.2, -0.15) is 0 Å². The third-order valence-electron chi connectivity index (χ3n) is 4.71. The summed E-state index contributed by atoms with van der Waals surface area (Å²) in [7, 11) is 1.52. The smallest absolute Gasteiger partial charge is 0.269 e. The minimum Gasteiger partial charge on any atom is -0.493 e. The Hall–Kier alpha value is -3.50.